The van der Waals surface area contributed by atoms with Crippen LogP contribution in [-0.2, 0) is 10.2 Å². The number of amides is 1. The standard InChI is InChI=1S/C14H16N2O2/c1-14(2,9-15)10-3-5-11(6-4-10)16-8-12(17)7-13(16)18/h3-6,12,17H,7-8H2,1-2H3. The molecule has 1 N–H and O–H groups in total. The molecule has 1 aromatic carbocycles. The van der Waals surface area contributed by atoms with Crippen molar-refractivity contribution in [3.8, 4) is 6.07 Å². The fourth-order valence-electron chi connectivity index (χ4n) is 2.06. The first-order chi connectivity index (χ1) is 8.44. The van der Waals surface area contributed by atoms with Crippen LogP contribution < -0.4 is 4.90 Å². The van der Waals surface area contributed by atoms with E-state index < -0.39 is 11.5 Å². The van der Waals surface area contributed by atoms with Crippen LogP contribution in [0.2, 0.25) is 0 Å². The van der Waals surface area contributed by atoms with Crippen LogP contribution in [0.25, 0.3) is 0 Å². The number of β-amino-alcohol motifs (C(OH)–C–C–N with tert-alkyl or cyclic N) is 1. The maximum Gasteiger partial charge on any atom is 0.229 e. The highest BCUT2D eigenvalue weighted by Gasteiger charge is 2.29. The number of carbonyl (C=O) groups excluding carboxylic acids is 1. The second kappa shape index (κ2) is 4.43. The monoisotopic (exact) mass is 244 g/mol. The predicted octanol–water partition coefficient (Wildman–Crippen LogP) is 1.59. The van der Waals surface area contributed by atoms with E-state index in [2.05, 4.69) is 6.07 Å². The van der Waals surface area contributed by atoms with Crippen LogP contribution in [0, 0.1) is 11.3 Å². The van der Waals surface area contributed by atoms with E-state index in [0.29, 0.717) is 6.54 Å². The first-order valence-electron chi connectivity index (χ1n) is 5.94. The summed E-state index contributed by atoms with van der Waals surface area (Å²) in [6.45, 7) is 4.05. The Morgan fingerprint density at radius 1 is 1.39 bits per heavy atom. The first-order valence-corrected chi connectivity index (χ1v) is 5.94. The fourth-order valence-corrected chi connectivity index (χ4v) is 2.06. The van der Waals surface area contributed by atoms with Gasteiger partial charge in [0, 0.05) is 5.69 Å². The molecular weight excluding hydrogens is 228 g/mol. The molecule has 1 aromatic rings. The Morgan fingerprint density at radius 3 is 2.44 bits per heavy atom. The highest BCUT2D eigenvalue weighted by molar-refractivity contribution is 5.96. The average Bonchev–Trinajstić information content (AvgIpc) is 2.69. The molecule has 1 unspecified atom stereocenters. The number of nitrogens with zero attached hydrogens (tertiary/aromatic N) is 2. The van der Waals surface area contributed by atoms with Crippen LogP contribution in [0.4, 0.5) is 5.69 Å². The summed E-state index contributed by atoms with van der Waals surface area (Å²) in [7, 11) is 0. The van der Waals surface area contributed by atoms with E-state index in [1.54, 1.807) is 4.90 Å². The van der Waals surface area contributed by atoms with Gasteiger partial charge in [-0.05, 0) is 31.5 Å². The fraction of sp³-hybridized carbons (Fsp3) is 0.429. The number of aliphatic hydroxyl groups excluding tert-OH is 1. The Balaban J connectivity index is 2.24. The van der Waals surface area contributed by atoms with Crippen LogP contribution in [0.1, 0.15) is 25.8 Å². The van der Waals surface area contributed by atoms with Crippen molar-refractivity contribution in [3.05, 3.63) is 29.8 Å². The lowest BCUT2D eigenvalue weighted by Crippen LogP contribution is -2.25. The van der Waals surface area contributed by atoms with E-state index in [1.807, 2.05) is 38.1 Å². The third-order valence-corrected chi connectivity index (χ3v) is 3.28. The lowest BCUT2D eigenvalue weighted by Gasteiger charge is -2.19. The molecule has 1 amide bonds. The second-order valence-electron chi connectivity index (χ2n) is 5.15. The van der Waals surface area contributed by atoms with Crippen LogP contribution in [0.15, 0.2) is 24.3 Å². The zero-order valence-corrected chi connectivity index (χ0v) is 10.6. The molecule has 0 aromatic heterocycles. The van der Waals surface area contributed by atoms with Gasteiger partial charge in [0.05, 0.1) is 30.6 Å². The van der Waals surface area contributed by atoms with Gasteiger partial charge in [0.25, 0.3) is 0 Å². The van der Waals surface area contributed by atoms with Gasteiger partial charge in [-0.2, -0.15) is 5.26 Å². The van der Waals surface area contributed by atoms with Gasteiger partial charge in [0.15, 0.2) is 0 Å². The molecule has 1 aliphatic rings. The Hall–Kier alpha value is -1.86. The van der Waals surface area contributed by atoms with Crippen molar-refractivity contribution in [3.63, 3.8) is 0 Å². The second-order valence-corrected chi connectivity index (χ2v) is 5.15. The van der Waals surface area contributed by atoms with E-state index in [9.17, 15) is 9.90 Å². The van der Waals surface area contributed by atoms with Gasteiger partial charge in [-0.15, -0.1) is 0 Å². The minimum Gasteiger partial charge on any atom is -0.391 e. The third kappa shape index (κ3) is 2.22. The van der Waals surface area contributed by atoms with Crippen LogP contribution in [0.5, 0.6) is 0 Å². The van der Waals surface area contributed by atoms with Crippen molar-refractivity contribution in [1.29, 1.82) is 5.26 Å². The summed E-state index contributed by atoms with van der Waals surface area (Å²) in [5, 5.41) is 18.5. The molecule has 94 valence electrons. The molecule has 1 saturated heterocycles. The van der Waals surface area contributed by atoms with Gasteiger partial charge in [-0.1, -0.05) is 12.1 Å². The van der Waals surface area contributed by atoms with E-state index in [0.717, 1.165) is 11.3 Å². The molecule has 4 heteroatoms. The number of rotatable bonds is 2. The van der Waals surface area contributed by atoms with Crippen molar-refractivity contribution < 1.29 is 9.90 Å². The predicted molar refractivity (Wildman–Crippen MR) is 68.1 cm³/mol. The Labute approximate surface area is 106 Å². The molecule has 0 bridgehead atoms. The van der Waals surface area contributed by atoms with Gasteiger partial charge in [0.1, 0.15) is 0 Å². The summed E-state index contributed by atoms with van der Waals surface area (Å²) in [4.78, 5) is 13.2. The van der Waals surface area contributed by atoms with Crippen LogP contribution in [0.3, 0.4) is 0 Å². The van der Waals surface area contributed by atoms with Gasteiger partial charge >= 0.3 is 0 Å². The summed E-state index contributed by atoms with van der Waals surface area (Å²) < 4.78 is 0. The molecule has 18 heavy (non-hydrogen) atoms. The summed E-state index contributed by atoms with van der Waals surface area (Å²) in [5.41, 5.74) is 1.16. The van der Waals surface area contributed by atoms with E-state index in [4.69, 9.17) is 5.26 Å². The maximum absolute atomic E-state index is 11.6. The van der Waals surface area contributed by atoms with Gasteiger partial charge in [-0.25, -0.2) is 0 Å². The summed E-state index contributed by atoms with van der Waals surface area (Å²) in [5.74, 6) is -0.0604. The smallest absolute Gasteiger partial charge is 0.229 e. The zero-order chi connectivity index (χ0) is 13.3. The number of benzene rings is 1. The summed E-state index contributed by atoms with van der Waals surface area (Å²) >= 11 is 0. The van der Waals surface area contributed by atoms with Crippen molar-refractivity contribution in [1.82, 2.24) is 0 Å². The molecule has 0 radical (unpaired) electrons. The number of nitriles is 1. The minimum absolute atomic E-state index is 0.0604. The molecule has 1 fully saturated rings. The van der Waals surface area contributed by atoms with E-state index in [-0.39, 0.29) is 12.3 Å². The molecule has 0 saturated carbocycles. The van der Waals surface area contributed by atoms with E-state index in [1.165, 1.54) is 0 Å². The normalized spacial score (nSPS) is 20.0. The lowest BCUT2D eigenvalue weighted by molar-refractivity contribution is -0.117. The zero-order valence-electron chi connectivity index (χ0n) is 10.6. The number of anilines is 1. The van der Waals surface area contributed by atoms with Gasteiger partial charge in [0.2, 0.25) is 5.91 Å². The molecule has 1 atom stereocenters. The molecular formula is C14H16N2O2. The van der Waals surface area contributed by atoms with Crippen molar-refractivity contribution in [2.75, 3.05) is 11.4 Å². The first kappa shape index (κ1) is 12.6. The molecule has 1 aliphatic heterocycles. The summed E-state index contributed by atoms with van der Waals surface area (Å²) in [6.07, 6.45) is -0.390. The molecule has 4 nitrogen and oxygen atoms in total. The Morgan fingerprint density at radius 2 is 2.00 bits per heavy atom. The molecule has 0 aliphatic carbocycles. The highest BCUT2D eigenvalue weighted by atomic mass is 16.3. The third-order valence-electron chi connectivity index (χ3n) is 3.28. The van der Waals surface area contributed by atoms with Crippen molar-refractivity contribution in [2.24, 2.45) is 0 Å². The van der Waals surface area contributed by atoms with E-state index >= 15 is 0 Å². The minimum atomic E-state index is -0.576. The number of hydrogen-bond acceptors (Lipinski definition) is 3. The summed E-state index contributed by atoms with van der Waals surface area (Å²) in [6, 6.07) is 9.60. The SMILES string of the molecule is CC(C)(C#N)c1ccc(N2CC(O)CC2=O)cc1. The van der Waals surface area contributed by atoms with Crippen LogP contribution in [-0.4, -0.2) is 23.7 Å². The molecule has 1 heterocycles. The largest absolute Gasteiger partial charge is 0.391 e. The van der Waals surface area contributed by atoms with Crippen molar-refractivity contribution in [2.45, 2.75) is 31.8 Å². The molecule has 0 spiro atoms. The van der Waals surface area contributed by atoms with Gasteiger partial charge in [-0.3, -0.25) is 4.79 Å². The molecule has 2 rings (SSSR count). The Bertz CT molecular complexity index is 500. The maximum atomic E-state index is 11.6. The number of aliphatic hydroxyl groups is 1. The number of carbonyl (C=O) groups is 1. The van der Waals surface area contributed by atoms with Crippen LogP contribution >= 0.6 is 0 Å². The van der Waals surface area contributed by atoms with Crippen molar-refractivity contribution >= 4 is 11.6 Å². The highest BCUT2D eigenvalue weighted by Crippen LogP contribution is 2.27. The van der Waals surface area contributed by atoms with Gasteiger partial charge < -0.3 is 10.0 Å². The average molecular weight is 244 g/mol. The Kier molecular flexibility index (Phi) is 3.10. The number of hydrogen-bond donors (Lipinski definition) is 1. The lowest BCUT2D eigenvalue weighted by atomic mass is 9.86. The quantitative estimate of drug-likeness (QED) is 0.859. The topological polar surface area (TPSA) is 64.3 Å².